The highest BCUT2D eigenvalue weighted by Crippen LogP contribution is 2.35. The molecule has 6 heteroatoms. The monoisotopic (exact) mass is 342 g/mol. The van der Waals surface area contributed by atoms with Gasteiger partial charge in [-0.25, -0.2) is 0 Å². The second kappa shape index (κ2) is 6.77. The molecule has 0 spiro atoms. The number of aryl methyl sites for hydroxylation is 1. The second-order valence-corrected chi connectivity index (χ2v) is 7.46. The fourth-order valence-electron chi connectivity index (χ4n) is 4.01. The predicted molar refractivity (Wildman–Crippen MR) is 94.3 cm³/mol. The highest BCUT2D eigenvalue weighted by molar-refractivity contribution is 5.28. The molecule has 2 aliphatic rings. The predicted octanol–water partition coefficient (Wildman–Crippen LogP) is 2.63. The summed E-state index contributed by atoms with van der Waals surface area (Å²) in [6.45, 7) is 6.82. The first kappa shape index (κ1) is 16.5. The van der Waals surface area contributed by atoms with Crippen LogP contribution in [0, 0.1) is 6.92 Å². The molecule has 1 unspecified atom stereocenters. The topological polar surface area (TPSA) is 54.6 Å². The van der Waals surface area contributed by atoms with E-state index in [1.807, 2.05) is 6.92 Å². The molecule has 4 rings (SSSR count). The van der Waals surface area contributed by atoms with Crippen LogP contribution in [-0.2, 0) is 13.1 Å². The molecule has 134 valence electrons. The molecule has 0 N–H and O–H groups in total. The van der Waals surface area contributed by atoms with Crippen molar-refractivity contribution in [2.45, 2.75) is 44.9 Å². The lowest BCUT2D eigenvalue weighted by Gasteiger charge is -2.34. The Labute approximate surface area is 148 Å². The van der Waals surface area contributed by atoms with Gasteiger partial charge in [0, 0.05) is 33.0 Å². The van der Waals surface area contributed by atoms with E-state index in [0.717, 1.165) is 31.1 Å². The molecule has 2 fully saturated rings. The molecular formula is C19H26N4O2. The van der Waals surface area contributed by atoms with Gasteiger partial charge in [-0.2, -0.15) is 4.98 Å². The Balaban J connectivity index is 1.34. The fourth-order valence-corrected chi connectivity index (χ4v) is 4.01. The number of hydrogen-bond donors (Lipinski definition) is 0. The summed E-state index contributed by atoms with van der Waals surface area (Å²) in [6, 6.07) is 8.51. The smallest absolute Gasteiger partial charge is 0.223 e. The van der Waals surface area contributed by atoms with Crippen molar-refractivity contribution in [1.82, 2.24) is 19.9 Å². The van der Waals surface area contributed by atoms with E-state index in [2.05, 4.69) is 51.3 Å². The number of fused-ring (bicyclic) bond motifs is 2. The van der Waals surface area contributed by atoms with E-state index in [4.69, 9.17) is 9.26 Å². The third-order valence-electron chi connectivity index (χ3n) is 5.19. The van der Waals surface area contributed by atoms with Crippen LogP contribution in [0.15, 0.2) is 28.8 Å². The molecule has 0 aliphatic carbocycles. The number of hydrogen-bond acceptors (Lipinski definition) is 6. The molecule has 2 aromatic rings. The Morgan fingerprint density at radius 2 is 2.04 bits per heavy atom. The molecule has 2 atom stereocenters. The lowest BCUT2D eigenvalue weighted by Crippen LogP contribution is -2.43. The maximum atomic E-state index is 6.40. The minimum atomic E-state index is 0.0487. The minimum Gasteiger partial charge on any atom is -0.486 e. The van der Waals surface area contributed by atoms with Crippen LogP contribution in [0.25, 0.3) is 0 Å². The zero-order valence-electron chi connectivity index (χ0n) is 15.1. The molecule has 1 aromatic carbocycles. The largest absolute Gasteiger partial charge is 0.486 e. The van der Waals surface area contributed by atoms with Crippen molar-refractivity contribution in [1.29, 1.82) is 0 Å². The summed E-state index contributed by atoms with van der Waals surface area (Å²) in [5.41, 5.74) is 1.30. The Bertz CT molecular complexity index is 710. The first-order chi connectivity index (χ1) is 12.1. The number of ether oxygens (including phenoxy) is 1. The quantitative estimate of drug-likeness (QED) is 0.804. The Hall–Kier alpha value is -1.92. The van der Waals surface area contributed by atoms with Gasteiger partial charge in [-0.05, 0) is 44.1 Å². The molecule has 2 saturated heterocycles. The van der Waals surface area contributed by atoms with E-state index >= 15 is 0 Å². The van der Waals surface area contributed by atoms with E-state index in [-0.39, 0.29) is 5.60 Å². The maximum absolute atomic E-state index is 6.40. The van der Waals surface area contributed by atoms with E-state index in [0.29, 0.717) is 12.4 Å². The Morgan fingerprint density at radius 3 is 2.80 bits per heavy atom. The fraction of sp³-hybridized carbons (Fsp3) is 0.579. The summed E-state index contributed by atoms with van der Waals surface area (Å²) in [5.74, 6) is 2.32. The lowest BCUT2D eigenvalue weighted by atomic mass is 9.94. The van der Waals surface area contributed by atoms with Crippen molar-refractivity contribution in [3.63, 3.8) is 0 Å². The molecule has 3 heterocycles. The summed E-state index contributed by atoms with van der Waals surface area (Å²) < 4.78 is 11.4. The van der Waals surface area contributed by atoms with E-state index < -0.39 is 0 Å². The van der Waals surface area contributed by atoms with Gasteiger partial charge in [0.25, 0.3) is 0 Å². The van der Waals surface area contributed by atoms with E-state index in [9.17, 15) is 0 Å². The van der Waals surface area contributed by atoms with Crippen molar-refractivity contribution in [2.24, 2.45) is 0 Å². The number of aromatic nitrogens is 2. The molecule has 0 radical (unpaired) electrons. The average Bonchev–Trinajstić information content (AvgIpc) is 3.12. The van der Waals surface area contributed by atoms with Gasteiger partial charge < -0.3 is 9.26 Å². The first-order valence-corrected chi connectivity index (χ1v) is 9.08. The van der Waals surface area contributed by atoms with Crippen LogP contribution in [0.5, 0.6) is 5.75 Å². The summed E-state index contributed by atoms with van der Waals surface area (Å²) >= 11 is 0. The van der Waals surface area contributed by atoms with Gasteiger partial charge in [-0.15, -0.1) is 0 Å². The van der Waals surface area contributed by atoms with Gasteiger partial charge in [0.15, 0.2) is 5.82 Å². The van der Waals surface area contributed by atoms with Crippen LogP contribution in [0.1, 0.15) is 36.5 Å². The van der Waals surface area contributed by atoms with Gasteiger partial charge in [0.2, 0.25) is 5.89 Å². The summed E-state index contributed by atoms with van der Waals surface area (Å²) in [4.78, 5) is 8.94. The molecule has 2 aliphatic heterocycles. The molecule has 25 heavy (non-hydrogen) atoms. The number of benzene rings is 1. The minimum absolute atomic E-state index is 0.0487. The highest BCUT2D eigenvalue weighted by Gasteiger charge is 2.42. The van der Waals surface area contributed by atoms with Crippen LogP contribution >= 0.6 is 0 Å². The SMILES string of the molecule is Cc1nc(CN(C)Cc2ccc(O[C@]34CCCN(CC3)C4)cc2)no1. The van der Waals surface area contributed by atoms with Crippen LogP contribution in [0.2, 0.25) is 0 Å². The van der Waals surface area contributed by atoms with Gasteiger partial charge >= 0.3 is 0 Å². The maximum Gasteiger partial charge on any atom is 0.223 e. The zero-order valence-corrected chi connectivity index (χ0v) is 15.1. The van der Waals surface area contributed by atoms with Crippen LogP contribution < -0.4 is 4.74 Å². The summed E-state index contributed by atoms with van der Waals surface area (Å²) in [5, 5.41) is 3.95. The summed E-state index contributed by atoms with van der Waals surface area (Å²) in [6.07, 6.45) is 3.58. The molecule has 0 saturated carbocycles. The Morgan fingerprint density at radius 1 is 1.20 bits per heavy atom. The first-order valence-electron chi connectivity index (χ1n) is 9.08. The van der Waals surface area contributed by atoms with Crippen molar-refractivity contribution in [3.05, 3.63) is 41.5 Å². The summed E-state index contributed by atoms with van der Waals surface area (Å²) in [7, 11) is 2.06. The van der Waals surface area contributed by atoms with Crippen LogP contribution in [0.4, 0.5) is 0 Å². The molecule has 0 amide bonds. The second-order valence-electron chi connectivity index (χ2n) is 7.46. The van der Waals surface area contributed by atoms with Gasteiger partial charge in [-0.3, -0.25) is 9.80 Å². The molecule has 6 nitrogen and oxygen atoms in total. The number of piperidine rings is 1. The third kappa shape index (κ3) is 3.85. The van der Waals surface area contributed by atoms with Crippen molar-refractivity contribution < 1.29 is 9.26 Å². The third-order valence-corrected chi connectivity index (χ3v) is 5.19. The zero-order chi connectivity index (χ0) is 17.3. The average molecular weight is 342 g/mol. The van der Waals surface area contributed by atoms with E-state index in [1.165, 1.54) is 31.5 Å². The number of rotatable bonds is 6. The molecule has 1 aromatic heterocycles. The molecule has 2 bridgehead atoms. The normalized spacial score (nSPS) is 25.5. The number of nitrogens with zero attached hydrogens (tertiary/aromatic N) is 4. The van der Waals surface area contributed by atoms with Gasteiger partial charge in [0.1, 0.15) is 11.4 Å². The van der Waals surface area contributed by atoms with Crippen LogP contribution in [0.3, 0.4) is 0 Å². The Kier molecular flexibility index (Phi) is 4.48. The van der Waals surface area contributed by atoms with Gasteiger partial charge in [0.05, 0.1) is 6.54 Å². The standard InChI is InChI=1S/C19H26N4O2/c1-15-20-18(21-25-15)13-22(2)12-16-4-6-17(7-5-16)24-19-8-3-10-23(14-19)11-9-19/h4-7H,3,8-14H2,1-2H3/t19-/m1/s1. The lowest BCUT2D eigenvalue weighted by molar-refractivity contribution is 0.0453. The van der Waals surface area contributed by atoms with Crippen LogP contribution in [-0.4, -0.2) is 52.2 Å². The van der Waals surface area contributed by atoms with Crippen molar-refractivity contribution in [2.75, 3.05) is 26.7 Å². The van der Waals surface area contributed by atoms with Crippen molar-refractivity contribution >= 4 is 0 Å². The van der Waals surface area contributed by atoms with E-state index in [1.54, 1.807) is 0 Å². The highest BCUT2D eigenvalue weighted by atomic mass is 16.5. The molecular weight excluding hydrogens is 316 g/mol. The van der Waals surface area contributed by atoms with Crippen molar-refractivity contribution in [3.8, 4) is 5.75 Å². The van der Waals surface area contributed by atoms with Gasteiger partial charge in [-0.1, -0.05) is 17.3 Å².